The molecule has 1 aromatic rings. The molecule has 2 N–H and O–H groups in total. The van der Waals surface area contributed by atoms with E-state index < -0.39 is 4.92 Å². The van der Waals surface area contributed by atoms with Crippen molar-refractivity contribution in [2.75, 3.05) is 6.61 Å². The Morgan fingerprint density at radius 2 is 2.40 bits per heavy atom. The first-order valence-corrected chi connectivity index (χ1v) is 4.74. The summed E-state index contributed by atoms with van der Waals surface area (Å²) in [5, 5.41) is 22.2. The minimum atomic E-state index is -0.577. The molecule has 1 rings (SSSR count). The minimum Gasteiger partial charge on any atom is -0.404 e. The lowest BCUT2D eigenvalue weighted by molar-refractivity contribution is -0.402. The number of rotatable bonds is 6. The molecule has 0 aromatic carbocycles. The molecule has 0 saturated carbocycles. The molecule has 1 unspecified atom stereocenters. The van der Waals surface area contributed by atoms with Gasteiger partial charge in [0.15, 0.2) is 0 Å². The van der Waals surface area contributed by atoms with E-state index in [1.165, 1.54) is 6.07 Å². The Morgan fingerprint density at radius 1 is 1.67 bits per heavy atom. The molecule has 1 heterocycles. The molecule has 6 nitrogen and oxygen atoms in total. The zero-order chi connectivity index (χ0) is 11.3. The summed E-state index contributed by atoms with van der Waals surface area (Å²) < 4.78 is 4.94. The van der Waals surface area contributed by atoms with Gasteiger partial charge in [0.1, 0.15) is 10.7 Å². The van der Waals surface area contributed by atoms with E-state index in [1.807, 2.05) is 6.92 Å². The summed E-state index contributed by atoms with van der Waals surface area (Å²) in [6.07, 6.45) is 0.791. The number of nitrogens with zero attached hydrogens (tertiary/aromatic N) is 1. The van der Waals surface area contributed by atoms with Crippen LogP contribution >= 0.6 is 0 Å². The first kappa shape index (κ1) is 11.7. The highest BCUT2D eigenvalue weighted by Crippen LogP contribution is 2.15. The van der Waals surface area contributed by atoms with Crippen molar-refractivity contribution in [1.82, 2.24) is 5.32 Å². The van der Waals surface area contributed by atoms with Gasteiger partial charge in [-0.25, -0.2) is 0 Å². The van der Waals surface area contributed by atoms with Crippen LogP contribution in [0.5, 0.6) is 0 Å². The predicted molar refractivity (Wildman–Crippen MR) is 53.4 cm³/mol. The van der Waals surface area contributed by atoms with Gasteiger partial charge in [0.25, 0.3) is 0 Å². The molecular weight excluding hydrogens is 200 g/mol. The Kier molecular flexibility index (Phi) is 4.26. The van der Waals surface area contributed by atoms with Crippen molar-refractivity contribution in [1.29, 1.82) is 0 Å². The van der Waals surface area contributed by atoms with Crippen molar-refractivity contribution in [2.24, 2.45) is 0 Å². The van der Waals surface area contributed by atoms with Gasteiger partial charge in [0, 0.05) is 6.04 Å². The molecule has 0 radical (unpaired) electrons. The molecule has 1 aromatic heterocycles. The highest BCUT2D eigenvalue weighted by Gasteiger charge is 2.12. The van der Waals surface area contributed by atoms with Gasteiger partial charge in [-0.1, -0.05) is 6.92 Å². The van der Waals surface area contributed by atoms with Crippen LogP contribution in [0.15, 0.2) is 16.5 Å². The lowest BCUT2D eigenvalue weighted by Crippen LogP contribution is -2.30. The van der Waals surface area contributed by atoms with Gasteiger partial charge in [0.05, 0.1) is 19.2 Å². The lowest BCUT2D eigenvalue weighted by atomic mass is 10.2. The number of nitro groups is 1. The average Bonchev–Trinajstić information content (AvgIpc) is 2.68. The van der Waals surface area contributed by atoms with E-state index >= 15 is 0 Å². The van der Waals surface area contributed by atoms with E-state index in [0.717, 1.165) is 6.42 Å². The van der Waals surface area contributed by atoms with E-state index in [-0.39, 0.29) is 18.5 Å². The number of hydrogen-bond donors (Lipinski definition) is 2. The van der Waals surface area contributed by atoms with Gasteiger partial charge in [-0.3, -0.25) is 10.1 Å². The van der Waals surface area contributed by atoms with Crippen LogP contribution in [0.25, 0.3) is 0 Å². The standard InChI is InChI=1S/C9H14N2O4/c1-2-7(6-12)10-5-8-3-4-9(15-8)11(13)14/h3-4,7,10,12H,2,5-6H2,1H3. The number of nitrogens with one attached hydrogen (secondary N) is 1. The maximum atomic E-state index is 10.3. The van der Waals surface area contributed by atoms with Crippen molar-refractivity contribution < 1.29 is 14.4 Å². The zero-order valence-corrected chi connectivity index (χ0v) is 8.47. The van der Waals surface area contributed by atoms with Crippen LogP contribution in [0.2, 0.25) is 0 Å². The molecule has 0 aliphatic rings. The van der Waals surface area contributed by atoms with Gasteiger partial charge < -0.3 is 14.8 Å². The van der Waals surface area contributed by atoms with Gasteiger partial charge in [-0.05, 0) is 12.5 Å². The quantitative estimate of drug-likeness (QED) is 0.545. The summed E-state index contributed by atoms with van der Waals surface area (Å²) in [6.45, 7) is 2.37. The zero-order valence-electron chi connectivity index (χ0n) is 8.47. The van der Waals surface area contributed by atoms with E-state index in [2.05, 4.69) is 5.32 Å². The van der Waals surface area contributed by atoms with Crippen LogP contribution in [0.4, 0.5) is 5.88 Å². The van der Waals surface area contributed by atoms with Crippen LogP contribution in [-0.2, 0) is 6.54 Å². The molecule has 0 aliphatic carbocycles. The van der Waals surface area contributed by atoms with Gasteiger partial charge in [0.2, 0.25) is 0 Å². The maximum Gasteiger partial charge on any atom is 0.433 e. The molecule has 15 heavy (non-hydrogen) atoms. The van der Waals surface area contributed by atoms with Crippen LogP contribution in [0.3, 0.4) is 0 Å². The number of aliphatic hydroxyl groups is 1. The third-order valence-corrected chi connectivity index (χ3v) is 2.11. The van der Waals surface area contributed by atoms with Crippen LogP contribution in [0, 0.1) is 10.1 Å². The molecule has 1 atom stereocenters. The number of hydrogen-bond acceptors (Lipinski definition) is 5. The first-order chi connectivity index (χ1) is 7.17. The Labute approximate surface area is 87.0 Å². The average molecular weight is 214 g/mol. The van der Waals surface area contributed by atoms with Crippen molar-refractivity contribution in [3.63, 3.8) is 0 Å². The van der Waals surface area contributed by atoms with Crippen molar-refractivity contribution in [3.05, 3.63) is 28.0 Å². The fraction of sp³-hybridized carbons (Fsp3) is 0.556. The maximum absolute atomic E-state index is 10.3. The molecule has 0 fully saturated rings. The summed E-state index contributed by atoms with van der Waals surface area (Å²) in [7, 11) is 0. The third-order valence-electron chi connectivity index (χ3n) is 2.11. The topological polar surface area (TPSA) is 88.5 Å². The highest BCUT2D eigenvalue weighted by molar-refractivity contribution is 5.17. The Morgan fingerprint density at radius 3 is 2.87 bits per heavy atom. The summed E-state index contributed by atoms with van der Waals surface area (Å²) in [5.41, 5.74) is 0. The van der Waals surface area contributed by atoms with E-state index in [9.17, 15) is 10.1 Å². The van der Waals surface area contributed by atoms with E-state index in [1.54, 1.807) is 6.07 Å². The number of aliphatic hydroxyl groups excluding tert-OH is 1. The second-order valence-electron chi connectivity index (χ2n) is 3.17. The molecule has 84 valence electrons. The Hall–Kier alpha value is -1.40. The molecule has 0 aliphatic heterocycles. The monoisotopic (exact) mass is 214 g/mol. The van der Waals surface area contributed by atoms with Crippen molar-refractivity contribution >= 4 is 5.88 Å². The first-order valence-electron chi connectivity index (χ1n) is 4.74. The molecular formula is C9H14N2O4. The van der Waals surface area contributed by atoms with Gasteiger partial charge >= 0.3 is 5.88 Å². The summed E-state index contributed by atoms with van der Waals surface area (Å²) >= 11 is 0. The van der Waals surface area contributed by atoms with Crippen molar-refractivity contribution in [2.45, 2.75) is 25.9 Å². The largest absolute Gasteiger partial charge is 0.433 e. The van der Waals surface area contributed by atoms with E-state index in [0.29, 0.717) is 12.3 Å². The summed E-state index contributed by atoms with van der Waals surface area (Å²) in [6, 6.07) is 2.86. The second kappa shape index (κ2) is 5.47. The smallest absolute Gasteiger partial charge is 0.404 e. The number of furan rings is 1. The fourth-order valence-electron chi connectivity index (χ4n) is 1.14. The normalized spacial score (nSPS) is 12.7. The molecule has 6 heteroatoms. The SMILES string of the molecule is CCC(CO)NCc1ccc([N+](=O)[O-])o1. The highest BCUT2D eigenvalue weighted by atomic mass is 16.6. The van der Waals surface area contributed by atoms with Crippen LogP contribution < -0.4 is 5.32 Å². The summed E-state index contributed by atoms with van der Waals surface area (Å²) in [5.74, 6) is 0.234. The van der Waals surface area contributed by atoms with Crippen molar-refractivity contribution in [3.8, 4) is 0 Å². The predicted octanol–water partition coefficient (Wildman–Crippen LogP) is 1.05. The molecule has 0 saturated heterocycles. The van der Waals surface area contributed by atoms with Crippen LogP contribution in [-0.4, -0.2) is 22.7 Å². The molecule has 0 spiro atoms. The van der Waals surface area contributed by atoms with Gasteiger partial charge in [-0.2, -0.15) is 0 Å². The summed E-state index contributed by atoms with van der Waals surface area (Å²) in [4.78, 5) is 9.74. The second-order valence-corrected chi connectivity index (χ2v) is 3.17. The fourth-order valence-corrected chi connectivity index (χ4v) is 1.14. The Bertz CT molecular complexity index is 320. The Balaban J connectivity index is 2.47. The van der Waals surface area contributed by atoms with E-state index in [4.69, 9.17) is 9.52 Å². The lowest BCUT2D eigenvalue weighted by Gasteiger charge is -2.11. The molecule has 0 amide bonds. The third kappa shape index (κ3) is 3.34. The van der Waals surface area contributed by atoms with Gasteiger partial charge in [-0.15, -0.1) is 0 Å². The minimum absolute atomic E-state index is 0.00541. The molecule has 0 bridgehead atoms. The van der Waals surface area contributed by atoms with Crippen LogP contribution in [0.1, 0.15) is 19.1 Å².